The predicted octanol–water partition coefficient (Wildman–Crippen LogP) is 0.115. The lowest BCUT2D eigenvalue weighted by atomic mass is 9.81. The highest BCUT2D eigenvalue weighted by Crippen LogP contribution is 2.44. The Hall–Kier alpha value is -1.52. The zero-order chi connectivity index (χ0) is 17.8. The molecule has 2 aliphatic heterocycles. The van der Waals surface area contributed by atoms with Gasteiger partial charge in [0.05, 0.1) is 17.7 Å². The summed E-state index contributed by atoms with van der Waals surface area (Å²) in [5.74, 6) is 0.484. The monoisotopic (exact) mass is 370 g/mol. The van der Waals surface area contributed by atoms with Crippen molar-refractivity contribution in [3.05, 3.63) is 11.7 Å². The molecule has 2 atom stereocenters. The molecule has 0 radical (unpaired) electrons. The third-order valence-electron chi connectivity index (χ3n) is 5.62. The predicted molar refractivity (Wildman–Crippen MR) is 86.1 cm³/mol. The van der Waals surface area contributed by atoms with E-state index in [2.05, 4.69) is 10.1 Å². The normalized spacial score (nSPS) is 30.7. The van der Waals surface area contributed by atoms with Gasteiger partial charge in [0.1, 0.15) is 0 Å². The fourth-order valence-corrected chi connectivity index (χ4v) is 5.17. The SMILES string of the molecule is CCS(=O)(=O)N1C[C@@H]2CN(Cc3nc(C4CC4)no3)C[C@]2(C(=O)O)C1. The second kappa shape index (κ2) is 5.75. The van der Waals surface area contributed by atoms with E-state index in [1.54, 1.807) is 6.92 Å². The molecule has 9 nitrogen and oxygen atoms in total. The molecular formula is C15H22N4O5S. The third-order valence-corrected chi connectivity index (χ3v) is 7.41. The summed E-state index contributed by atoms with van der Waals surface area (Å²) in [7, 11) is -3.38. The van der Waals surface area contributed by atoms with E-state index in [-0.39, 0.29) is 24.8 Å². The number of nitrogens with zero attached hydrogens (tertiary/aromatic N) is 4. The number of hydrogen-bond acceptors (Lipinski definition) is 7. The van der Waals surface area contributed by atoms with Gasteiger partial charge >= 0.3 is 5.97 Å². The average molecular weight is 370 g/mol. The molecule has 0 aromatic carbocycles. The Kier molecular flexibility index (Phi) is 3.89. The van der Waals surface area contributed by atoms with Gasteiger partial charge in [-0.2, -0.15) is 4.98 Å². The topological polar surface area (TPSA) is 117 Å². The molecule has 3 aliphatic rings. The maximum atomic E-state index is 12.1. The van der Waals surface area contributed by atoms with Crippen molar-refractivity contribution in [1.29, 1.82) is 0 Å². The number of carbonyl (C=O) groups is 1. The van der Waals surface area contributed by atoms with Gasteiger partial charge in [-0.25, -0.2) is 12.7 Å². The van der Waals surface area contributed by atoms with Crippen molar-refractivity contribution in [2.75, 3.05) is 31.9 Å². The first-order chi connectivity index (χ1) is 11.8. The number of carboxylic acids is 1. The van der Waals surface area contributed by atoms with Gasteiger partial charge in [-0.1, -0.05) is 5.16 Å². The minimum Gasteiger partial charge on any atom is -0.481 e. The summed E-state index contributed by atoms with van der Waals surface area (Å²) in [6, 6.07) is 0. The molecule has 0 amide bonds. The van der Waals surface area contributed by atoms with Crippen molar-refractivity contribution in [2.24, 2.45) is 11.3 Å². The summed E-state index contributed by atoms with van der Waals surface area (Å²) >= 11 is 0. The number of likely N-dealkylation sites (tertiary alicyclic amines) is 1. The largest absolute Gasteiger partial charge is 0.481 e. The molecule has 25 heavy (non-hydrogen) atoms. The Labute approximate surface area is 146 Å². The average Bonchev–Trinajstić information content (AvgIpc) is 3.03. The minimum absolute atomic E-state index is 0.00887. The molecule has 1 N–H and O–H groups in total. The van der Waals surface area contributed by atoms with E-state index in [9.17, 15) is 18.3 Å². The first-order valence-electron chi connectivity index (χ1n) is 8.60. The van der Waals surface area contributed by atoms with E-state index in [4.69, 9.17) is 4.52 Å². The zero-order valence-corrected chi connectivity index (χ0v) is 14.9. The number of sulfonamides is 1. The van der Waals surface area contributed by atoms with Crippen LogP contribution in [0.5, 0.6) is 0 Å². The Morgan fingerprint density at radius 3 is 2.72 bits per heavy atom. The van der Waals surface area contributed by atoms with Gasteiger partial charge in [0.2, 0.25) is 15.9 Å². The molecule has 10 heteroatoms. The van der Waals surface area contributed by atoms with Crippen LogP contribution in [-0.2, 0) is 21.4 Å². The fourth-order valence-electron chi connectivity index (χ4n) is 3.97. The van der Waals surface area contributed by atoms with Crippen LogP contribution in [0, 0.1) is 11.3 Å². The van der Waals surface area contributed by atoms with Gasteiger partial charge < -0.3 is 9.63 Å². The van der Waals surface area contributed by atoms with Crippen LogP contribution in [0.1, 0.15) is 37.4 Å². The van der Waals surface area contributed by atoms with Crippen molar-refractivity contribution in [1.82, 2.24) is 19.3 Å². The summed E-state index contributed by atoms with van der Waals surface area (Å²) in [5, 5.41) is 13.8. The molecular weight excluding hydrogens is 348 g/mol. The standard InChI is InChI=1S/C15H22N4O5S/c1-2-25(22,23)19-6-11-5-18(8-15(11,9-19)14(20)21)7-12-16-13(17-24-12)10-3-4-10/h10-11H,2-9H2,1H3,(H,20,21)/t11-,15-/m0/s1. The lowest BCUT2D eigenvalue weighted by Crippen LogP contribution is -2.42. The first kappa shape index (κ1) is 16.9. The van der Waals surface area contributed by atoms with Crippen LogP contribution >= 0.6 is 0 Å². The smallest absolute Gasteiger partial charge is 0.312 e. The van der Waals surface area contributed by atoms with Gasteiger partial charge in [-0.15, -0.1) is 0 Å². The summed E-state index contributed by atoms with van der Waals surface area (Å²) in [6.07, 6.45) is 2.18. The highest BCUT2D eigenvalue weighted by Gasteiger charge is 2.59. The molecule has 1 aliphatic carbocycles. The number of aromatic nitrogens is 2. The number of hydrogen-bond donors (Lipinski definition) is 1. The Balaban J connectivity index is 1.48. The summed E-state index contributed by atoms with van der Waals surface area (Å²) in [5.41, 5.74) is -1.05. The molecule has 2 saturated heterocycles. The molecule has 0 unspecified atom stereocenters. The molecule has 0 bridgehead atoms. The van der Waals surface area contributed by atoms with Crippen LogP contribution in [-0.4, -0.2) is 70.8 Å². The molecule has 3 fully saturated rings. The molecule has 3 heterocycles. The lowest BCUT2D eigenvalue weighted by molar-refractivity contribution is -0.148. The molecule has 138 valence electrons. The minimum atomic E-state index is -3.38. The third kappa shape index (κ3) is 2.85. The van der Waals surface area contributed by atoms with Crippen LogP contribution in [0.4, 0.5) is 0 Å². The van der Waals surface area contributed by atoms with Crippen molar-refractivity contribution < 1.29 is 22.8 Å². The van der Waals surface area contributed by atoms with Crippen LogP contribution in [0.3, 0.4) is 0 Å². The van der Waals surface area contributed by atoms with Gasteiger partial charge in [-0.3, -0.25) is 9.69 Å². The second-order valence-corrected chi connectivity index (χ2v) is 9.60. The van der Waals surface area contributed by atoms with Gasteiger partial charge in [-0.05, 0) is 19.8 Å². The maximum absolute atomic E-state index is 12.1. The molecule has 1 saturated carbocycles. The highest BCUT2D eigenvalue weighted by molar-refractivity contribution is 7.89. The fraction of sp³-hybridized carbons (Fsp3) is 0.800. The first-order valence-corrected chi connectivity index (χ1v) is 10.2. The van der Waals surface area contributed by atoms with Crippen LogP contribution < -0.4 is 0 Å². The summed E-state index contributed by atoms with van der Waals surface area (Å²) in [4.78, 5) is 18.3. The maximum Gasteiger partial charge on any atom is 0.312 e. The lowest BCUT2D eigenvalue weighted by Gasteiger charge is -2.24. The van der Waals surface area contributed by atoms with Gasteiger partial charge in [0.25, 0.3) is 0 Å². The van der Waals surface area contributed by atoms with E-state index in [0.717, 1.165) is 18.7 Å². The van der Waals surface area contributed by atoms with Gasteiger partial charge in [0, 0.05) is 38.0 Å². The van der Waals surface area contributed by atoms with Crippen LogP contribution in [0.15, 0.2) is 4.52 Å². The van der Waals surface area contributed by atoms with Crippen molar-refractivity contribution in [3.8, 4) is 0 Å². The van der Waals surface area contributed by atoms with Crippen molar-refractivity contribution >= 4 is 16.0 Å². The van der Waals surface area contributed by atoms with E-state index >= 15 is 0 Å². The van der Waals surface area contributed by atoms with E-state index < -0.39 is 21.4 Å². The van der Waals surface area contributed by atoms with Crippen molar-refractivity contribution in [3.63, 3.8) is 0 Å². The number of carboxylic acid groups (broad SMARTS) is 1. The van der Waals surface area contributed by atoms with E-state index in [1.807, 2.05) is 4.90 Å². The second-order valence-electron chi connectivity index (χ2n) is 7.34. The van der Waals surface area contributed by atoms with E-state index in [0.29, 0.717) is 31.4 Å². The molecule has 1 aromatic heterocycles. The van der Waals surface area contributed by atoms with Crippen LogP contribution in [0.25, 0.3) is 0 Å². The number of rotatable bonds is 6. The number of fused-ring (bicyclic) bond motifs is 1. The quantitative estimate of drug-likeness (QED) is 0.750. The highest BCUT2D eigenvalue weighted by atomic mass is 32.2. The Bertz CT molecular complexity index is 790. The van der Waals surface area contributed by atoms with E-state index in [1.165, 1.54) is 4.31 Å². The van der Waals surface area contributed by atoms with Gasteiger partial charge in [0.15, 0.2) is 5.82 Å². The molecule has 4 rings (SSSR count). The summed E-state index contributed by atoms with van der Waals surface area (Å²) < 4.78 is 30.9. The number of aliphatic carboxylic acids is 1. The zero-order valence-electron chi connectivity index (χ0n) is 14.1. The summed E-state index contributed by atoms with van der Waals surface area (Å²) in [6.45, 7) is 3.10. The van der Waals surface area contributed by atoms with Crippen LogP contribution in [0.2, 0.25) is 0 Å². The Morgan fingerprint density at radius 1 is 1.36 bits per heavy atom. The molecule has 1 aromatic rings. The van der Waals surface area contributed by atoms with Crippen molar-refractivity contribution in [2.45, 2.75) is 32.2 Å². The Morgan fingerprint density at radius 2 is 2.12 bits per heavy atom. The molecule has 0 spiro atoms.